The standard InChI is InChI=1S/C13H14F3N5.ClH/c14-13(15,16)9-3-5-10(6-4-9)19-11(17)20-12(18)21-7-1-2-8-21;/h1-6H,7-8H2,(H4,17,18,19,20);1H. The number of guanidine groups is 2. The van der Waals surface area contributed by atoms with Crippen LogP contribution in [0.2, 0.25) is 0 Å². The number of nitrogens with two attached hydrogens (primary N) is 2. The summed E-state index contributed by atoms with van der Waals surface area (Å²) in [5.74, 6) is 0.104. The average molecular weight is 334 g/mol. The van der Waals surface area contributed by atoms with Crippen molar-refractivity contribution in [3.63, 3.8) is 0 Å². The molecule has 120 valence electrons. The molecular weight excluding hydrogens is 319 g/mol. The van der Waals surface area contributed by atoms with Crippen LogP contribution in [-0.4, -0.2) is 29.9 Å². The smallest absolute Gasteiger partial charge is 0.369 e. The number of hydrogen-bond donors (Lipinski definition) is 2. The maximum atomic E-state index is 12.4. The van der Waals surface area contributed by atoms with E-state index in [4.69, 9.17) is 11.5 Å². The van der Waals surface area contributed by atoms with Crippen molar-refractivity contribution in [3.05, 3.63) is 42.0 Å². The molecule has 1 heterocycles. The topological polar surface area (TPSA) is 80.0 Å². The van der Waals surface area contributed by atoms with E-state index in [9.17, 15) is 13.2 Å². The number of nitrogens with zero attached hydrogens (tertiary/aromatic N) is 3. The summed E-state index contributed by atoms with van der Waals surface area (Å²) in [5, 5.41) is 0. The molecule has 0 atom stereocenters. The second-order valence-electron chi connectivity index (χ2n) is 4.36. The van der Waals surface area contributed by atoms with Gasteiger partial charge in [-0.1, -0.05) is 12.2 Å². The van der Waals surface area contributed by atoms with Crippen molar-refractivity contribution in [3.8, 4) is 0 Å². The number of rotatable bonds is 1. The van der Waals surface area contributed by atoms with Gasteiger partial charge in [-0.2, -0.15) is 18.2 Å². The van der Waals surface area contributed by atoms with Crippen LogP contribution in [0.3, 0.4) is 0 Å². The van der Waals surface area contributed by atoms with Crippen LogP contribution in [0.25, 0.3) is 0 Å². The molecule has 9 heteroatoms. The molecule has 0 saturated heterocycles. The number of aliphatic imine (C=N–C) groups is 2. The summed E-state index contributed by atoms with van der Waals surface area (Å²) in [6.07, 6.45) is -0.504. The highest BCUT2D eigenvalue weighted by molar-refractivity contribution is 5.94. The third-order valence-corrected chi connectivity index (χ3v) is 2.81. The van der Waals surface area contributed by atoms with Gasteiger partial charge in [-0.05, 0) is 24.3 Å². The predicted molar refractivity (Wildman–Crippen MR) is 82.3 cm³/mol. The number of hydrogen-bond acceptors (Lipinski definition) is 1. The third-order valence-electron chi connectivity index (χ3n) is 2.81. The molecule has 0 amide bonds. The Labute approximate surface area is 131 Å². The van der Waals surface area contributed by atoms with Crippen molar-refractivity contribution in [2.24, 2.45) is 21.5 Å². The second-order valence-corrected chi connectivity index (χ2v) is 4.36. The zero-order valence-corrected chi connectivity index (χ0v) is 12.2. The van der Waals surface area contributed by atoms with E-state index in [1.807, 2.05) is 12.2 Å². The van der Waals surface area contributed by atoms with E-state index < -0.39 is 11.7 Å². The lowest BCUT2D eigenvalue weighted by Crippen LogP contribution is -2.36. The van der Waals surface area contributed by atoms with Crippen molar-refractivity contribution in [2.75, 3.05) is 13.1 Å². The first-order valence-electron chi connectivity index (χ1n) is 6.12. The second kappa shape index (κ2) is 7.17. The van der Waals surface area contributed by atoms with Gasteiger partial charge in [0.1, 0.15) is 0 Å². The van der Waals surface area contributed by atoms with Gasteiger partial charge in [0, 0.05) is 13.1 Å². The molecule has 22 heavy (non-hydrogen) atoms. The molecule has 0 saturated carbocycles. The highest BCUT2D eigenvalue weighted by atomic mass is 35.5. The Bertz CT molecular complexity index is 585. The van der Waals surface area contributed by atoms with Crippen LogP contribution in [0.15, 0.2) is 46.4 Å². The summed E-state index contributed by atoms with van der Waals surface area (Å²) < 4.78 is 37.2. The summed E-state index contributed by atoms with van der Waals surface area (Å²) in [6, 6.07) is 4.31. The Morgan fingerprint density at radius 1 is 1.05 bits per heavy atom. The third kappa shape index (κ3) is 4.66. The first-order valence-corrected chi connectivity index (χ1v) is 6.12. The van der Waals surface area contributed by atoms with E-state index in [0.29, 0.717) is 13.1 Å². The van der Waals surface area contributed by atoms with E-state index in [-0.39, 0.29) is 30.0 Å². The minimum atomic E-state index is -4.38. The van der Waals surface area contributed by atoms with Crippen LogP contribution >= 0.6 is 12.4 Å². The number of alkyl halides is 3. The predicted octanol–water partition coefficient (Wildman–Crippen LogP) is 2.26. The van der Waals surface area contributed by atoms with Crippen LogP contribution in [0, 0.1) is 0 Å². The van der Waals surface area contributed by atoms with Gasteiger partial charge in [-0.15, -0.1) is 12.4 Å². The Morgan fingerprint density at radius 3 is 2.09 bits per heavy atom. The summed E-state index contributed by atoms with van der Waals surface area (Å²) in [6.45, 7) is 1.28. The molecule has 5 nitrogen and oxygen atoms in total. The Kier molecular flexibility index (Phi) is 5.81. The minimum absolute atomic E-state index is 0. The monoisotopic (exact) mass is 333 g/mol. The van der Waals surface area contributed by atoms with Crippen molar-refractivity contribution in [1.29, 1.82) is 0 Å². The highest BCUT2D eigenvalue weighted by Crippen LogP contribution is 2.30. The summed E-state index contributed by atoms with van der Waals surface area (Å²) in [7, 11) is 0. The number of halogens is 4. The maximum absolute atomic E-state index is 12.4. The van der Waals surface area contributed by atoms with Crippen LogP contribution in [-0.2, 0) is 6.18 Å². The fourth-order valence-electron chi connectivity index (χ4n) is 1.74. The normalized spacial score (nSPS) is 15.9. The molecular formula is C13H15ClF3N5. The van der Waals surface area contributed by atoms with Gasteiger partial charge in [-0.3, -0.25) is 0 Å². The molecule has 1 aliphatic heterocycles. The van der Waals surface area contributed by atoms with Gasteiger partial charge in [0.15, 0.2) is 5.96 Å². The Hall–Kier alpha value is -2.22. The first kappa shape index (κ1) is 17.8. The van der Waals surface area contributed by atoms with E-state index in [1.54, 1.807) is 4.90 Å². The molecule has 0 fully saturated rings. The first-order chi connectivity index (χ1) is 9.86. The largest absolute Gasteiger partial charge is 0.416 e. The average Bonchev–Trinajstić information content (AvgIpc) is 2.92. The van der Waals surface area contributed by atoms with E-state index >= 15 is 0 Å². The maximum Gasteiger partial charge on any atom is 0.416 e. The van der Waals surface area contributed by atoms with E-state index in [0.717, 1.165) is 12.1 Å². The molecule has 1 aromatic rings. The SMILES string of the molecule is Cl.NC(=Nc1ccc(C(F)(F)F)cc1)N=C(N)N1CC=CC1. The molecule has 0 spiro atoms. The fourth-order valence-corrected chi connectivity index (χ4v) is 1.74. The summed E-state index contributed by atoms with van der Waals surface area (Å²) >= 11 is 0. The molecule has 4 N–H and O–H groups in total. The van der Waals surface area contributed by atoms with Gasteiger partial charge >= 0.3 is 6.18 Å². The molecule has 0 unspecified atom stereocenters. The zero-order chi connectivity index (χ0) is 15.5. The molecule has 0 aromatic heterocycles. The van der Waals surface area contributed by atoms with E-state index in [1.165, 1.54) is 12.1 Å². The van der Waals surface area contributed by atoms with Gasteiger partial charge < -0.3 is 16.4 Å². The lowest BCUT2D eigenvalue weighted by molar-refractivity contribution is -0.137. The lowest BCUT2D eigenvalue weighted by Gasteiger charge is -2.15. The van der Waals surface area contributed by atoms with Crippen LogP contribution < -0.4 is 11.5 Å². The zero-order valence-electron chi connectivity index (χ0n) is 11.4. The van der Waals surface area contributed by atoms with Gasteiger partial charge in [0.25, 0.3) is 0 Å². The summed E-state index contributed by atoms with van der Waals surface area (Å²) in [5.41, 5.74) is 10.9. The summed E-state index contributed by atoms with van der Waals surface area (Å²) in [4.78, 5) is 9.59. The Morgan fingerprint density at radius 2 is 1.59 bits per heavy atom. The quantitative estimate of drug-likeness (QED) is 0.470. The molecule has 1 aromatic carbocycles. The fraction of sp³-hybridized carbons (Fsp3) is 0.231. The molecule has 0 aliphatic carbocycles. The van der Waals surface area contributed by atoms with Crippen molar-refractivity contribution < 1.29 is 13.2 Å². The van der Waals surface area contributed by atoms with Gasteiger partial charge in [-0.25, -0.2) is 4.99 Å². The number of benzene rings is 1. The highest BCUT2D eigenvalue weighted by Gasteiger charge is 2.29. The van der Waals surface area contributed by atoms with Crippen LogP contribution in [0.5, 0.6) is 0 Å². The molecule has 2 rings (SSSR count). The molecule has 1 aliphatic rings. The van der Waals surface area contributed by atoms with E-state index in [2.05, 4.69) is 9.98 Å². The Balaban J connectivity index is 0.00000242. The molecule has 0 radical (unpaired) electrons. The van der Waals surface area contributed by atoms with Crippen LogP contribution in [0.1, 0.15) is 5.56 Å². The van der Waals surface area contributed by atoms with Gasteiger partial charge in [0.2, 0.25) is 5.96 Å². The minimum Gasteiger partial charge on any atom is -0.369 e. The van der Waals surface area contributed by atoms with Crippen molar-refractivity contribution in [2.45, 2.75) is 6.18 Å². The molecule has 0 bridgehead atoms. The van der Waals surface area contributed by atoms with Crippen LogP contribution in [0.4, 0.5) is 18.9 Å². The van der Waals surface area contributed by atoms with Gasteiger partial charge in [0.05, 0.1) is 11.3 Å². The van der Waals surface area contributed by atoms with Crippen molar-refractivity contribution >= 4 is 30.0 Å². The lowest BCUT2D eigenvalue weighted by atomic mass is 10.2. The van der Waals surface area contributed by atoms with Crippen molar-refractivity contribution in [1.82, 2.24) is 4.90 Å².